The monoisotopic (exact) mass is 171 g/mol. The van der Waals surface area contributed by atoms with E-state index in [0.29, 0.717) is 0 Å². The summed E-state index contributed by atoms with van der Waals surface area (Å²) in [5.41, 5.74) is 0. The van der Waals surface area contributed by atoms with E-state index in [4.69, 9.17) is 0 Å². The molecule has 1 aliphatic rings. The van der Waals surface area contributed by atoms with E-state index in [9.17, 15) is 0 Å². The summed E-state index contributed by atoms with van der Waals surface area (Å²) in [6, 6.07) is 0. The molecule has 0 aromatic rings. The van der Waals surface area contributed by atoms with Gasteiger partial charge in [-0.2, -0.15) is 0 Å². The molecule has 0 saturated heterocycles. The SMILES string of the molecule is CCCCC(C)C1=NCCS1. The molecular weight excluding hydrogens is 154 g/mol. The molecule has 0 bridgehead atoms. The normalized spacial score (nSPS) is 20.0. The summed E-state index contributed by atoms with van der Waals surface area (Å²) in [6.07, 6.45) is 3.98. The number of hydrogen-bond acceptors (Lipinski definition) is 2. The summed E-state index contributed by atoms with van der Waals surface area (Å²) in [4.78, 5) is 4.47. The van der Waals surface area contributed by atoms with Gasteiger partial charge in [-0.25, -0.2) is 0 Å². The molecule has 0 N–H and O–H groups in total. The fraction of sp³-hybridized carbons (Fsp3) is 0.889. The Morgan fingerprint density at radius 3 is 3.00 bits per heavy atom. The maximum atomic E-state index is 4.47. The molecule has 0 aliphatic carbocycles. The Morgan fingerprint density at radius 2 is 2.45 bits per heavy atom. The van der Waals surface area contributed by atoms with Crippen LogP contribution in [0.3, 0.4) is 0 Å². The minimum atomic E-state index is 0.724. The number of rotatable bonds is 4. The van der Waals surface area contributed by atoms with Gasteiger partial charge in [0.25, 0.3) is 0 Å². The molecule has 1 unspecified atom stereocenters. The van der Waals surface area contributed by atoms with Gasteiger partial charge in [0.1, 0.15) is 0 Å². The van der Waals surface area contributed by atoms with Crippen molar-refractivity contribution in [3.63, 3.8) is 0 Å². The van der Waals surface area contributed by atoms with Crippen molar-refractivity contribution in [2.45, 2.75) is 33.1 Å². The Bertz CT molecular complexity index is 142. The third-order valence-electron chi connectivity index (χ3n) is 2.02. The average molecular weight is 171 g/mol. The Balaban J connectivity index is 2.23. The first-order chi connectivity index (χ1) is 5.34. The Kier molecular flexibility index (Phi) is 3.98. The maximum absolute atomic E-state index is 4.47. The van der Waals surface area contributed by atoms with Crippen LogP contribution < -0.4 is 0 Å². The van der Waals surface area contributed by atoms with Crippen LogP contribution >= 0.6 is 11.8 Å². The first kappa shape index (κ1) is 9.11. The topological polar surface area (TPSA) is 12.4 Å². The van der Waals surface area contributed by atoms with Crippen LogP contribution in [0.5, 0.6) is 0 Å². The minimum Gasteiger partial charge on any atom is -0.282 e. The van der Waals surface area contributed by atoms with E-state index >= 15 is 0 Å². The van der Waals surface area contributed by atoms with Crippen molar-refractivity contribution in [2.75, 3.05) is 12.3 Å². The average Bonchev–Trinajstić information content (AvgIpc) is 2.52. The lowest BCUT2D eigenvalue weighted by molar-refractivity contribution is 0.629. The lowest BCUT2D eigenvalue weighted by atomic mass is 10.1. The molecule has 1 rings (SSSR count). The van der Waals surface area contributed by atoms with Gasteiger partial charge in [-0.15, -0.1) is 11.8 Å². The highest BCUT2D eigenvalue weighted by Crippen LogP contribution is 2.22. The van der Waals surface area contributed by atoms with Crippen LogP contribution in [0.1, 0.15) is 33.1 Å². The summed E-state index contributed by atoms with van der Waals surface area (Å²) >= 11 is 1.95. The van der Waals surface area contributed by atoms with Gasteiger partial charge in [-0.05, 0) is 6.42 Å². The van der Waals surface area contributed by atoms with Crippen molar-refractivity contribution in [3.05, 3.63) is 0 Å². The predicted octanol–water partition coefficient (Wildman–Crippen LogP) is 2.96. The van der Waals surface area contributed by atoms with Gasteiger partial charge in [0.15, 0.2) is 0 Å². The highest BCUT2D eigenvalue weighted by atomic mass is 32.2. The summed E-state index contributed by atoms with van der Waals surface area (Å²) in [7, 11) is 0. The van der Waals surface area contributed by atoms with Gasteiger partial charge < -0.3 is 0 Å². The van der Waals surface area contributed by atoms with E-state index < -0.39 is 0 Å². The lowest BCUT2D eigenvalue weighted by Gasteiger charge is -2.08. The van der Waals surface area contributed by atoms with E-state index in [1.807, 2.05) is 11.8 Å². The molecule has 0 aromatic heterocycles. The highest BCUT2D eigenvalue weighted by molar-refractivity contribution is 8.14. The molecule has 0 aromatic carbocycles. The summed E-state index contributed by atoms with van der Waals surface area (Å²) in [6.45, 7) is 5.60. The van der Waals surface area contributed by atoms with Crippen LogP contribution in [-0.4, -0.2) is 17.3 Å². The molecule has 0 amide bonds. The van der Waals surface area contributed by atoms with Gasteiger partial charge in [0, 0.05) is 18.2 Å². The van der Waals surface area contributed by atoms with Crippen LogP contribution in [0.25, 0.3) is 0 Å². The molecule has 1 atom stereocenters. The van der Waals surface area contributed by atoms with Crippen molar-refractivity contribution in [1.82, 2.24) is 0 Å². The van der Waals surface area contributed by atoms with Crippen molar-refractivity contribution in [2.24, 2.45) is 10.9 Å². The van der Waals surface area contributed by atoms with Gasteiger partial charge in [-0.1, -0.05) is 26.7 Å². The van der Waals surface area contributed by atoms with Gasteiger partial charge in [0.2, 0.25) is 0 Å². The Morgan fingerprint density at radius 1 is 1.64 bits per heavy atom. The maximum Gasteiger partial charge on any atom is 0.0705 e. The fourth-order valence-electron chi connectivity index (χ4n) is 1.28. The molecule has 0 spiro atoms. The van der Waals surface area contributed by atoms with Crippen molar-refractivity contribution in [1.29, 1.82) is 0 Å². The molecule has 1 nitrogen and oxygen atoms in total. The third-order valence-corrected chi connectivity index (χ3v) is 3.24. The summed E-state index contributed by atoms with van der Waals surface area (Å²) < 4.78 is 0. The first-order valence-corrected chi connectivity index (χ1v) is 5.50. The van der Waals surface area contributed by atoms with E-state index in [2.05, 4.69) is 18.8 Å². The first-order valence-electron chi connectivity index (χ1n) is 4.51. The molecule has 0 saturated carbocycles. The summed E-state index contributed by atoms with van der Waals surface area (Å²) in [5, 5.41) is 1.40. The zero-order valence-electron chi connectivity index (χ0n) is 7.47. The van der Waals surface area contributed by atoms with Crippen LogP contribution in [0.4, 0.5) is 0 Å². The number of thioether (sulfide) groups is 1. The molecule has 1 aliphatic heterocycles. The second-order valence-electron chi connectivity index (χ2n) is 3.11. The van der Waals surface area contributed by atoms with Gasteiger partial charge in [0.05, 0.1) is 5.04 Å². The van der Waals surface area contributed by atoms with Crippen LogP contribution in [-0.2, 0) is 0 Å². The molecule has 1 heterocycles. The van der Waals surface area contributed by atoms with Gasteiger partial charge in [-0.3, -0.25) is 4.99 Å². The molecule has 11 heavy (non-hydrogen) atoms. The molecular formula is C9H17NS. The zero-order chi connectivity index (χ0) is 8.10. The zero-order valence-corrected chi connectivity index (χ0v) is 8.28. The highest BCUT2D eigenvalue weighted by Gasteiger charge is 2.13. The van der Waals surface area contributed by atoms with Crippen LogP contribution in [0.15, 0.2) is 4.99 Å². The summed E-state index contributed by atoms with van der Waals surface area (Å²) in [5.74, 6) is 1.94. The molecule has 2 heteroatoms. The number of aliphatic imine (C=N–C) groups is 1. The van der Waals surface area contributed by atoms with E-state index in [-0.39, 0.29) is 0 Å². The number of unbranched alkanes of at least 4 members (excludes halogenated alkanes) is 1. The Hall–Kier alpha value is 0.0200. The Labute approximate surface area is 73.7 Å². The smallest absolute Gasteiger partial charge is 0.0705 e. The number of hydrogen-bond donors (Lipinski definition) is 0. The van der Waals surface area contributed by atoms with Crippen LogP contribution in [0.2, 0.25) is 0 Å². The van der Waals surface area contributed by atoms with E-state index in [1.165, 1.54) is 30.1 Å². The van der Waals surface area contributed by atoms with Gasteiger partial charge >= 0.3 is 0 Å². The standard InChI is InChI=1S/C9H17NS/c1-3-4-5-8(2)9-10-6-7-11-9/h8H,3-7H2,1-2H3. The van der Waals surface area contributed by atoms with Crippen molar-refractivity contribution >= 4 is 16.8 Å². The van der Waals surface area contributed by atoms with Crippen molar-refractivity contribution < 1.29 is 0 Å². The second-order valence-corrected chi connectivity index (χ2v) is 4.23. The third kappa shape index (κ3) is 2.86. The lowest BCUT2D eigenvalue weighted by Crippen LogP contribution is -2.04. The molecule has 0 fully saturated rings. The minimum absolute atomic E-state index is 0.724. The predicted molar refractivity (Wildman–Crippen MR) is 53.4 cm³/mol. The molecule has 0 radical (unpaired) electrons. The molecule has 64 valence electrons. The fourth-order valence-corrected chi connectivity index (χ4v) is 2.26. The second kappa shape index (κ2) is 4.81. The number of nitrogens with zero attached hydrogens (tertiary/aromatic N) is 1. The van der Waals surface area contributed by atoms with E-state index in [0.717, 1.165) is 12.5 Å². The largest absolute Gasteiger partial charge is 0.282 e. The van der Waals surface area contributed by atoms with E-state index in [1.54, 1.807) is 0 Å². The van der Waals surface area contributed by atoms with Crippen molar-refractivity contribution in [3.8, 4) is 0 Å². The quantitative estimate of drug-likeness (QED) is 0.633. The van der Waals surface area contributed by atoms with Crippen LogP contribution in [0, 0.1) is 5.92 Å².